The lowest BCUT2D eigenvalue weighted by Gasteiger charge is -2.42. The van der Waals surface area contributed by atoms with Gasteiger partial charge in [0.25, 0.3) is 0 Å². The predicted octanol–water partition coefficient (Wildman–Crippen LogP) is 1.95. The number of aliphatic carboxylic acids is 1. The second-order valence-corrected chi connectivity index (χ2v) is 6.54. The SMILES string of the molecule is CCNC(CN1CC(C)CCC1C)(C(=O)O)C1CC1. The molecule has 3 atom stereocenters. The van der Waals surface area contributed by atoms with Crippen molar-refractivity contribution in [1.29, 1.82) is 0 Å². The van der Waals surface area contributed by atoms with Crippen molar-refractivity contribution in [2.75, 3.05) is 19.6 Å². The minimum atomic E-state index is -0.722. The Balaban J connectivity index is 2.12. The summed E-state index contributed by atoms with van der Waals surface area (Å²) in [5, 5.41) is 13.1. The summed E-state index contributed by atoms with van der Waals surface area (Å²) in [4.78, 5) is 14.3. The van der Waals surface area contributed by atoms with Crippen LogP contribution in [0.4, 0.5) is 0 Å². The molecular weight excluding hydrogens is 240 g/mol. The van der Waals surface area contributed by atoms with Crippen LogP contribution in [0.1, 0.15) is 46.5 Å². The number of likely N-dealkylation sites (N-methyl/N-ethyl adjacent to an activating group) is 1. The van der Waals surface area contributed by atoms with E-state index < -0.39 is 11.5 Å². The minimum Gasteiger partial charge on any atom is -0.480 e. The Bertz CT molecular complexity index is 330. The third kappa shape index (κ3) is 3.11. The molecule has 0 spiro atoms. The van der Waals surface area contributed by atoms with Crippen molar-refractivity contribution in [2.24, 2.45) is 11.8 Å². The van der Waals surface area contributed by atoms with Crippen molar-refractivity contribution >= 4 is 5.97 Å². The Kier molecular flexibility index (Phi) is 4.51. The maximum absolute atomic E-state index is 11.9. The molecule has 19 heavy (non-hydrogen) atoms. The number of nitrogens with zero attached hydrogens (tertiary/aromatic N) is 1. The molecule has 0 aromatic carbocycles. The number of rotatable bonds is 6. The Morgan fingerprint density at radius 2 is 2.00 bits per heavy atom. The molecule has 2 N–H and O–H groups in total. The Labute approximate surface area is 116 Å². The third-order valence-electron chi connectivity index (χ3n) is 4.85. The summed E-state index contributed by atoms with van der Waals surface area (Å²) in [6.45, 7) is 8.92. The number of hydrogen-bond donors (Lipinski definition) is 2. The van der Waals surface area contributed by atoms with Gasteiger partial charge in [-0.25, -0.2) is 0 Å². The van der Waals surface area contributed by atoms with Gasteiger partial charge < -0.3 is 10.4 Å². The summed E-state index contributed by atoms with van der Waals surface area (Å²) in [5.74, 6) is 0.334. The van der Waals surface area contributed by atoms with Gasteiger partial charge >= 0.3 is 5.97 Å². The molecule has 0 aromatic rings. The van der Waals surface area contributed by atoms with Gasteiger partial charge in [0.2, 0.25) is 0 Å². The van der Waals surface area contributed by atoms with Crippen molar-refractivity contribution in [2.45, 2.75) is 58.0 Å². The molecular formula is C15H28N2O2. The van der Waals surface area contributed by atoms with E-state index in [0.717, 1.165) is 25.9 Å². The van der Waals surface area contributed by atoms with E-state index in [0.29, 0.717) is 24.4 Å². The number of carboxylic acid groups (broad SMARTS) is 1. The topological polar surface area (TPSA) is 52.6 Å². The lowest BCUT2D eigenvalue weighted by Crippen LogP contribution is -2.62. The van der Waals surface area contributed by atoms with Crippen LogP contribution in [0.5, 0.6) is 0 Å². The maximum Gasteiger partial charge on any atom is 0.325 e. The molecule has 4 nitrogen and oxygen atoms in total. The Hall–Kier alpha value is -0.610. The van der Waals surface area contributed by atoms with E-state index in [4.69, 9.17) is 0 Å². The fourth-order valence-electron chi connectivity index (χ4n) is 3.46. The molecule has 0 aromatic heterocycles. The second-order valence-electron chi connectivity index (χ2n) is 6.54. The molecule has 1 saturated heterocycles. The summed E-state index contributed by atoms with van der Waals surface area (Å²) in [6.07, 6.45) is 4.56. The van der Waals surface area contributed by atoms with Crippen LogP contribution in [0, 0.1) is 11.8 Å². The lowest BCUT2D eigenvalue weighted by atomic mass is 9.88. The van der Waals surface area contributed by atoms with E-state index in [1.54, 1.807) is 0 Å². The van der Waals surface area contributed by atoms with Gasteiger partial charge in [-0.05, 0) is 51.0 Å². The third-order valence-corrected chi connectivity index (χ3v) is 4.85. The average Bonchev–Trinajstić information content (AvgIpc) is 3.17. The Morgan fingerprint density at radius 1 is 1.32 bits per heavy atom. The minimum absolute atomic E-state index is 0.314. The summed E-state index contributed by atoms with van der Waals surface area (Å²) >= 11 is 0. The molecule has 110 valence electrons. The highest BCUT2D eigenvalue weighted by molar-refractivity contribution is 5.80. The first kappa shape index (κ1) is 14.8. The first-order valence-corrected chi connectivity index (χ1v) is 7.72. The monoisotopic (exact) mass is 268 g/mol. The van der Waals surface area contributed by atoms with Gasteiger partial charge in [0.1, 0.15) is 5.54 Å². The van der Waals surface area contributed by atoms with Crippen LogP contribution in [-0.2, 0) is 4.79 Å². The van der Waals surface area contributed by atoms with Crippen LogP contribution in [-0.4, -0.2) is 47.2 Å². The van der Waals surface area contributed by atoms with Gasteiger partial charge in [0.05, 0.1) is 0 Å². The van der Waals surface area contributed by atoms with E-state index in [1.807, 2.05) is 6.92 Å². The number of nitrogens with one attached hydrogen (secondary N) is 1. The molecule has 0 radical (unpaired) electrons. The first-order valence-electron chi connectivity index (χ1n) is 7.72. The van der Waals surface area contributed by atoms with Gasteiger partial charge in [0.15, 0.2) is 0 Å². The van der Waals surface area contributed by atoms with E-state index in [2.05, 4.69) is 24.1 Å². The average molecular weight is 268 g/mol. The van der Waals surface area contributed by atoms with Gasteiger partial charge in [0, 0.05) is 19.1 Å². The standard InChI is InChI=1S/C15H28N2O2/c1-4-16-15(14(18)19,13-7-8-13)10-17-9-11(2)5-6-12(17)3/h11-13,16H,4-10H2,1-3H3,(H,18,19). The van der Waals surface area contributed by atoms with E-state index in [-0.39, 0.29) is 0 Å². The lowest BCUT2D eigenvalue weighted by molar-refractivity contribution is -0.147. The highest BCUT2D eigenvalue weighted by Gasteiger charge is 2.52. The van der Waals surface area contributed by atoms with Crippen LogP contribution in [0.2, 0.25) is 0 Å². The van der Waals surface area contributed by atoms with Gasteiger partial charge in [-0.3, -0.25) is 9.69 Å². The van der Waals surface area contributed by atoms with Crippen molar-refractivity contribution in [3.63, 3.8) is 0 Å². The zero-order valence-corrected chi connectivity index (χ0v) is 12.5. The molecule has 1 saturated carbocycles. The quantitative estimate of drug-likeness (QED) is 0.773. The largest absolute Gasteiger partial charge is 0.480 e. The van der Waals surface area contributed by atoms with Crippen molar-refractivity contribution in [3.8, 4) is 0 Å². The van der Waals surface area contributed by atoms with Crippen molar-refractivity contribution < 1.29 is 9.90 Å². The molecule has 2 rings (SSSR count). The number of piperidine rings is 1. The van der Waals surface area contributed by atoms with E-state index in [1.165, 1.54) is 12.8 Å². The van der Waals surface area contributed by atoms with Crippen LogP contribution < -0.4 is 5.32 Å². The summed E-state index contributed by atoms with van der Waals surface area (Å²) in [6, 6.07) is 0.507. The molecule has 1 aliphatic carbocycles. The Morgan fingerprint density at radius 3 is 2.53 bits per heavy atom. The highest BCUT2D eigenvalue weighted by Crippen LogP contribution is 2.41. The fraction of sp³-hybridized carbons (Fsp3) is 0.933. The van der Waals surface area contributed by atoms with E-state index in [9.17, 15) is 9.90 Å². The molecule has 1 aliphatic heterocycles. The molecule has 0 bridgehead atoms. The molecule has 3 unspecified atom stereocenters. The molecule has 1 heterocycles. The second kappa shape index (κ2) is 5.80. The van der Waals surface area contributed by atoms with Crippen LogP contribution >= 0.6 is 0 Å². The first-order chi connectivity index (χ1) is 8.99. The normalized spacial score (nSPS) is 31.9. The van der Waals surface area contributed by atoms with Gasteiger partial charge in [-0.1, -0.05) is 13.8 Å². The summed E-state index contributed by atoms with van der Waals surface area (Å²) in [7, 11) is 0. The zero-order valence-electron chi connectivity index (χ0n) is 12.5. The van der Waals surface area contributed by atoms with Crippen molar-refractivity contribution in [1.82, 2.24) is 10.2 Å². The van der Waals surface area contributed by atoms with Crippen LogP contribution in [0.25, 0.3) is 0 Å². The zero-order chi connectivity index (χ0) is 14.0. The number of carboxylic acids is 1. The van der Waals surface area contributed by atoms with E-state index >= 15 is 0 Å². The summed E-state index contributed by atoms with van der Waals surface area (Å²) < 4.78 is 0. The molecule has 2 fully saturated rings. The highest BCUT2D eigenvalue weighted by atomic mass is 16.4. The summed E-state index contributed by atoms with van der Waals surface area (Å²) in [5.41, 5.74) is -0.722. The van der Waals surface area contributed by atoms with Crippen LogP contribution in [0.15, 0.2) is 0 Å². The molecule has 2 aliphatic rings. The van der Waals surface area contributed by atoms with Crippen LogP contribution in [0.3, 0.4) is 0 Å². The van der Waals surface area contributed by atoms with Crippen molar-refractivity contribution in [3.05, 3.63) is 0 Å². The van der Waals surface area contributed by atoms with Gasteiger partial charge in [-0.15, -0.1) is 0 Å². The number of likely N-dealkylation sites (tertiary alicyclic amines) is 1. The molecule has 0 amide bonds. The smallest absolute Gasteiger partial charge is 0.325 e. The molecule has 4 heteroatoms. The maximum atomic E-state index is 11.9. The number of hydrogen-bond acceptors (Lipinski definition) is 3. The predicted molar refractivity (Wildman–Crippen MR) is 76.2 cm³/mol. The fourth-order valence-corrected chi connectivity index (χ4v) is 3.46. The number of carbonyl (C=O) groups is 1. The van der Waals surface area contributed by atoms with Gasteiger partial charge in [-0.2, -0.15) is 0 Å².